The Bertz CT molecular complexity index is 1770. The van der Waals surface area contributed by atoms with E-state index >= 15 is 0 Å². The number of aliphatic hydroxyl groups is 1. The van der Waals surface area contributed by atoms with Gasteiger partial charge in [-0.1, -0.05) is 318 Å². The molecular weight excluding hydrogens is 1200 g/mol. The number of carbonyl (C=O) groups is 4. The summed E-state index contributed by atoms with van der Waals surface area (Å²) in [6, 6.07) is 0. The summed E-state index contributed by atoms with van der Waals surface area (Å²) in [6.07, 6.45) is 50.0. The van der Waals surface area contributed by atoms with Crippen LogP contribution in [0.3, 0.4) is 0 Å². The van der Waals surface area contributed by atoms with E-state index < -0.39 is 97.5 Å². The van der Waals surface area contributed by atoms with Crippen molar-refractivity contribution in [1.29, 1.82) is 0 Å². The van der Waals surface area contributed by atoms with Crippen molar-refractivity contribution in [3.8, 4) is 0 Å². The highest BCUT2D eigenvalue weighted by atomic mass is 31.2. The third kappa shape index (κ3) is 66.5. The van der Waals surface area contributed by atoms with Crippen LogP contribution < -0.4 is 0 Å². The molecule has 0 rings (SSSR count). The maximum absolute atomic E-state index is 13.0. The summed E-state index contributed by atoms with van der Waals surface area (Å²) in [7, 11) is -9.90. The second-order valence-electron chi connectivity index (χ2n) is 26.9. The number of phosphoric acid groups is 2. The average molecular weight is 1340 g/mol. The number of ether oxygens (including phenoxy) is 4. The molecule has 0 spiro atoms. The van der Waals surface area contributed by atoms with Crippen molar-refractivity contribution < 1.29 is 80.2 Å². The summed E-state index contributed by atoms with van der Waals surface area (Å²) >= 11 is 0. The van der Waals surface area contributed by atoms with Crippen molar-refractivity contribution in [3.05, 3.63) is 0 Å². The van der Waals surface area contributed by atoms with Gasteiger partial charge in [0.25, 0.3) is 0 Å². The molecule has 0 aliphatic carbocycles. The zero-order valence-corrected chi connectivity index (χ0v) is 60.9. The molecule has 0 amide bonds. The van der Waals surface area contributed by atoms with Crippen molar-refractivity contribution in [2.75, 3.05) is 39.6 Å². The molecule has 3 N–H and O–H groups in total. The number of esters is 4. The lowest BCUT2D eigenvalue weighted by atomic mass is 10.0. The number of aliphatic hydroxyl groups excluding tert-OH is 1. The van der Waals surface area contributed by atoms with Crippen molar-refractivity contribution in [1.82, 2.24) is 0 Å². The van der Waals surface area contributed by atoms with Crippen LogP contribution in [-0.4, -0.2) is 96.7 Å². The zero-order valence-electron chi connectivity index (χ0n) is 59.1. The third-order valence-corrected chi connectivity index (χ3v) is 18.6. The Labute approximate surface area is 556 Å². The minimum absolute atomic E-state index is 0.105. The van der Waals surface area contributed by atoms with E-state index in [9.17, 15) is 43.2 Å². The van der Waals surface area contributed by atoms with E-state index in [1.165, 1.54) is 180 Å². The van der Waals surface area contributed by atoms with Crippen molar-refractivity contribution in [3.63, 3.8) is 0 Å². The number of unbranched alkanes of at least 4 members (excludes halogenated alkanes) is 41. The standard InChI is InChI=1S/C72H140O17P2/c1-7-9-11-13-15-17-18-19-20-21-22-23-24-25-32-38-44-50-56-71(76)88-68(61-83-70(75)55-49-43-37-31-27-26-29-34-40-46-52-64(3)4)63-87-91(80,81)85-59-66(73)58-84-90(78,79)86-62-67(60-82-69(74)54-48-42-36-16-14-12-10-8-2)89-72(77)57-51-45-39-33-28-30-35-41-47-53-65(5)6/h64-68,73H,7-63H2,1-6H3,(H,78,79)(H,80,81)/t66-,67+,68+/m0/s1. The van der Waals surface area contributed by atoms with E-state index in [1.807, 2.05) is 0 Å². The molecule has 5 atom stereocenters. The van der Waals surface area contributed by atoms with E-state index in [0.717, 1.165) is 108 Å². The molecule has 0 radical (unpaired) electrons. The van der Waals surface area contributed by atoms with Crippen LogP contribution in [0.5, 0.6) is 0 Å². The lowest BCUT2D eigenvalue weighted by Gasteiger charge is -2.21. The Kier molecular flexibility index (Phi) is 62.7. The van der Waals surface area contributed by atoms with Crippen molar-refractivity contribution >= 4 is 39.5 Å². The van der Waals surface area contributed by atoms with E-state index in [0.29, 0.717) is 25.7 Å². The first-order valence-electron chi connectivity index (χ1n) is 37.5. The van der Waals surface area contributed by atoms with Crippen LogP contribution in [-0.2, 0) is 65.4 Å². The summed E-state index contributed by atoms with van der Waals surface area (Å²) in [6.45, 7) is 9.51. The largest absolute Gasteiger partial charge is 0.472 e. The van der Waals surface area contributed by atoms with Gasteiger partial charge in [-0.25, -0.2) is 9.13 Å². The molecule has 0 aromatic carbocycles. The third-order valence-electron chi connectivity index (χ3n) is 16.7. The lowest BCUT2D eigenvalue weighted by Crippen LogP contribution is -2.30. The Hall–Kier alpha value is -1.94. The number of hydrogen-bond acceptors (Lipinski definition) is 15. The monoisotopic (exact) mass is 1340 g/mol. The molecule has 0 fully saturated rings. The van der Waals surface area contributed by atoms with Crippen LogP contribution in [0, 0.1) is 11.8 Å². The fourth-order valence-corrected chi connectivity index (χ4v) is 12.5. The summed E-state index contributed by atoms with van der Waals surface area (Å²) in [4.78, 5) is 72.5. The van der Waals surface area contributed by atoms with Gasteiger partial charge in [0.2, 0.25) is 0 Å². The van der Waals surface area contributed by atoms with Crippen molar-refractivity contribution in [2.24, 2.45) is 11.8 Å². The summed E-state index contributed by atoms with van der Waals surface area (Å²) in [5.74, 6) is -0.629. The number of carbonyl (C=O) groups excluding carboxylic acids is 4. The molecule has 0 saturated heterocycles. The summed E-state index contributed by atoms with van der Waals surface area (Å²) in [5.41, 5.74) is 0. The first-order chi connectivity index (χ1) is 43.9. The van der Waals surface area contributed by atoms with Gasteiger partial charge < -0.3 is 33.8 Å². The molecule has 0 heterocycles. The van der Waals surface area contributed by atoms with E-state index in [2.05, 4.69) is 41.5 Å². The Morgan fingerprint density at radius 3 is 0.747 bits per heavy atom. The maximum Gasteiger partial charge on any atom is 0.472 e. The molecule has 0 saturated carbocycles. The number of hydrogen-bond donors (Lipinski definition) is 3. The highest BCUT2D eigenvalue weighted by Gasteiger charge is 2.30. The highest BCUT2D eigenvalue weighted by molar-refractivity contribution is 7.47. The fourth-order valence-electron chi connectivity index (χ4n) is 10.9. The highest BCUT2D eigenvalue weighted by Crippen LogP contribution is 2.45. The van der Waals surface area contributed by atoms with Crippen LogP contribution in [0.4, 0.5) is 0 Å². The molecule has 2 unspecified atom stereocenters. The molecule has 0 aliphatic heterocycles. The number of rotatable bonds is 71. The van der Waals surface area contributed by atoms with Gasteiger partial charge in [0.05, 0.1) is 26.4 Å². The average Bonchev–Trinajstić information content (AvgIpc) is 3.39. The molecule has 0 bridgehead atoms. The lowest BCUT2D eigenvalue weighted by molar-refractivity contribution is -0.161. The Morgan fingerprint density at radius 1 is 0.297 bits per heavy atom. The van der Waals surface area contributed by atoms with Gasteiger partial charge in [0.1, 0.15) is 19.3 Å². The second-order valence-corrected chi connectivity index (χ2v) is 29.8. The van der Waals surface area contributed by atoms with Crippen LogP contribution in [0.1, 0.15) is 369 Å². The van der Waals surface area contributed by atoms with Crippen LogP contribution in [0.25, 0.3) is 0 Å². The minimum atomic E-state index is -4.95. The maximum atomic E-state index is 13.0. The van der Waals surface area contributed by atoms with E-state index in [4.69, 9.17) is 37.0 Å². The summed E-state index contributed by atoms with van der Waals surface area (Å²) < 4.78 is 68.3. The van der Waals surface area contributed by atoms with Gasteiger partial charge in [-0.2, -0.15) is 0 Å². The predicted molar refractivity (Wildman–Crippen MR) is 368 cm³/mol. The molecule has 540 valence electrons. The summed E-state index contributed by atoms with van der Waals surface area (Å²) in [5, 5.41) is 10.6. The normalized spacial score (nSPS) is 14.1. The minimum Gasteiger partial charge on any atom is -0.462 e. The van der Waals surface area contributed by atoms with Gasteiger partial charge in [0, 0.05) is 25.7 Å². The van der Waals surface area contributed by atoms with Crippen LogP contribution in [0.15, 0.2) is 0 Å². The second kappa shape index (κ2) is 64.1. The fraction of sp³-hybridized carbons (Fsp3) is 0.944. The SMILES string of the molecule is CCCCCCCCCCCCCCCCCCCCC(=O)O[C@H](COC(=O)CCCCCCCCCCCCC(C)C)COP(=O)(O)OC[C@@H](O)COP(=O)(O)OC[C@@H](COC(=O)CCCCCCCCCC)OC(=O)CCCCCCCCCCCC(C)C. The smallest absolute Gasteiger partial charge is 0.462 e. The quantitative estimate of drug-likeness (QED) is 0.0222. The predicted octanol–water partition coefficient (Wildman–Crippen LogP) is 20.8. The molecule has 19 heteroatoms. The first-order valence-corrected chi connectivity index (χ1v) is 40.5. The van der Waals surface area contributed by atoms with Gasteiger partial charge in [-0.3, -0.25) is 37.3 Å². The molecule has 17 nitrogen and oxygen atoms in total. The van der Waals surface area contributed by atoms with Crippen LogP contribution >= 0.6 is 15.6 Å². The van der Waals surface area contributed by atoms with Gasteiger partial charge in [-0.15, -0.1) is 0 Å². The van der Waals surface area contributed by atoms with Crippen LogP contribution in [0.2, 0.25) is 0 Å². The van der Waals surface area contributed by atoms with Crippen molar-refractivity contribution in [2.45, 2.75) is 387 Å². The molecule has 0 aliphatic rings. The Balaban J connectivity index is 5.21. The molecule has 91 heavy (non-hydrogen) atoms. The topological polar surface area (TPSA) is 237 Å². The zero-order chi connectivity index (χ0) is 67.2. The molecule has 0 aromatic rings. The Morgan fingerprint density at radius 2 is 0.505 bits per heavy atom. The number of phosphoric ester groups is 2. The van der Waals surface area contributed by atoms with Gasteiger partial charge in [-0.05, 0) is 37.5 Å². The first kappa shape index (κ1) is 89.1. The molecule has 0 aromatic heterocycles. The molecular formula is C72H140O17P2. The van der Waals surface area contributed by atoms with E-state index in [1.54, 1.807) is 0 Å². The van der Waals surface area contributed by atoms with Gasteiger partial charge >= 0.3 is 39.5 Å². The van der Waals surface area contributed by atoms with E-state index in [-0.39, 0.29) is 25.7 Å². The van der Waals surface area contributed by atoms with Gasteiger partial charge in [0.15, 0.2) is 12.2 Å².